The van der Waals surface area contributed by atoms with Crippen molar-refractivity contribution in [3.05, 3.63) is 23.8 Å². The summed E-state index contributed by atoms with van der Waals surface area (Å²) in [7, 11) is 0. The van der Waals surface area contributed by atoms with E-state index >= 15 is 0 Å². The van der Waals surface area contributed by atoms with Gasteiger partial charge in [-0.15, -0.1) is 0 Å². The Kier molecular flexibility index (Phi) is 4.97. The third-order valence-corrected chi connectivity index (χ3v) is 2.33. The summed E-state index contributed by atoms with van der Waals surface area (Å²) in [5.41, 5.74) is 8.04. The molecule has 4 heteroatoms. The van der Waals surface area contributed by atoms with Crippen LogP contribution in [0, 0.1) is 12.8 Å². The quantitative estimate of drug-likeness (QED) is 0.770. The molecule has 1 amide bonds. The predicted octanol–water partition coefficient (Wildman–Crippen LogP) is 2.19. The summed E-state index contributed by atoms with van der Waals surface area (Å²) >= 11 is 0. The molecule has 1 rings (SSSR count). The van der Waals surface area contributed by atoms with E-state index in [1.54, 1.807) is 6.07 Å². The number of nitrogens with one attached hydrogen (secondary N) is 1. The van der Waals surface area contributed by atoms with Crippen LogP contribution < -0.4 is 11.1 Å². The van der Waals surface area contributed by atoms with Crippen LogP contribution in [-0.4, -0.2) is 19.1 Å². The molecule has 0 heterocycles. The molecule has 0 aromatic heterocycles. The van der Waals surface area contributed by atoms with Crippen molar-refractivity contribution < 1.29 is 9.53 Å². The lowest BCUT2D eigenvalue weighted by Crippen LogP contribution is -2.20. The number of rotatable bonds is 5. The molecule has 3 N–H and O–H groups in total. The van der Waals surface area contributed by atoms with E-state index in [0.29, 0.717) is 18.2 Å². The van der Waals surface area contributed by atoms with Gasteiger partial charge in [0.15, 0.2) is 0 Å². The first-order valence-electron chi connectivity index (χ1n) is 5.73. The van der Waals surface area contributed by atoms with Crippen LogP contribution in [0.1, 0.15) is 19.4 Å². The summed E-state index contributed by atoms with van der Waals surface area (Å²) in [6.07, 6.45) is 0. The second kappa shape index (κ2) is 6.25. The molecule has 0 bridgehead atoms. The highest BCUT2D eigenvalue weighted by molar-refractivity contribution is 5.93. The third kappa shape index (κ3) is 4.44. The number of hydrogen-bond donors (Lipinski definition) is 2. The normalized spacial score (nSPS) is 10.6. The van der Waals surface area contributed by atoms with Gasteiger partial charge >= 0.3 is 0 Å². The largest absolute Gasteiger partial charge is 0.398 e. The van der Waals surface area contributed by atoms with E-state index in [1.165, 1.54) is 0 Å². The van der Waals surface area contributed by atoms with Gasteiger partial charge in [0.05, 0.1) is 0 Å². The number of benzene rings is 1. The minimum Gasteiger partial charge on any atom is -0.398 e. The van der Waals surface area contributed by atoms with Gasteiger partial charge in [-0.25, -0.2) is 0 Å². The molecule has 0 saturated heterocycles. The highest BCUT2D eigenvalue weighted by Crippen LogP contribution is 2.20. The van der Waals surface area contributed by atoms with Crippen molar-refractivity contribution in [2.24, 2.45) is 5.92 Å². The number of ether oxygens (including phenoxy) is 1. The van der Waals surface area contributed by atoms with Crippen LogP contribution >= 0.6 is 0 Å². The molecule has 4 nitrogen and oxygen atoms in total. The number of nitrogens with two attached hydrogens (primary N) is 1. The zero-order chi connectivity index (χ0) is 12.8. The fraction of sp³-hybridized carbons (Fsp3) is 0.462. The van der Waals surface area contributed by atoms with Crippen molar-refractivity contribution in [3.63, 3.8) is 0 Å². The van der Waals surface area contributed by atoms with Gasteiger partial charge < -0.3 is 15.8 Å². The van der Waals surface area contributed by atoms with Crippen molar-refractivity contribution in [2.75, 3.05) is 24.3 Å². The van der Waals surface area contributed by atoms with Crippen molar-refractivity contribution in [3.8, 4) is 0 Å². The molecular formula is C13H20N2O2. The number of carbonyl (C=O) groups is 1. The maximum absolute atomic E-state index is 11.6. The summed E-state index contributed by atoms with van der Waals surface area (Å²) in [4.78, 5) is 11.6. The van der Waals surface area contributed by atoms with Gasteiger partial charge in [-0.2, -0.15) is 0 Å². The molecule has 17 heavy (non-hydrogen) atoms. The Morgan fingerprint density at radius 3 is 2.82 bits per heavy atom. The van der Waals surface area contributed by atoms with Crippen molar-refractivity contribution in [1.29, 1.82) is 0 Å². The van der Waals surface area contributed by atoms with Crippen molar-refractivity contribution in [1.82, 2.24) is 0 Å². The van der Waals surface area contributed by atoms with Crippen LogP contribution in [0.2, 0.25) is 0 Å². The fourth-order valence-corrected chi connectivity index (χ4v) is 1.36. The third-order valence-electron chi connectivity index (χ3n) is 2.33. The lowest BCUT2D eigenvalue weighted by Gasteiger charge is -2.11. The van der Waals surface area contributed by atoms with E-state index < -0.39 is 0 Å². The van der Waals surface area contributed by atoms with Gasteiger partial charge in [0.1, 0.15) is 6.61 Å². The summed E-state index contributed by atoms with van der Waals surface area (Å²) in [5, 5.41) is 2.78. The second-order valence-electron chi connectivity index (χ2n) is 4.48. The summed E-state index contributed by atoms with van der Waals surface area (Å²) in [6, 6.07) is 5.44. The van der Waals surface area contributed by atoms with E-state index in [-0.39, 0.29) is 12.5 Å². The Morgan fingerprint density at radius 2 is 2.18 bits per heavy atom. The van der Waals surface area contributed by atoms with Crippen molar-refractivity contribution in [2.45, 2.75) is 20.8 Å². The first-order valence-corrected chi connectivity index (χ1v) is 5.73. The average molecular weight is 236 g/mol. The van der Waals surface area contributed by atoms with Gasteiger partial charge in [0, 0.05) is 18.0 Å². The molecular weight excluding hydrogens is 216 g/mol. The van der Waals surface area contributed by atoms with Crippen LogP contribution in [0.5, 0.6) is 0 Å². The molecule has 0 atom stereocenters. The lowest BCUT2D eigenvalue weighted by atomic mass is 10.1. The Balaban J connectivity index is 2.48. The zero-order valence-corrected chi connectivity index (χ0v) is 10.6. The molecule has 0 aliphatic heterocycles. The number of carbonyl (C=O) groups excluding carboxylic acids is 1. The van der Waals surface area contributed by atoms with E-state index in [0.717, 1.165) is 11.3 Å². The lowest BCUT2D eigenvalue weighted by molar-refractivity contribution is -0.120. The molecule has 1 aromatic rings. The van der Waals surface area contributed by atoms with E-state index in [2.05, 4.69) is 5.32 Å². The van der Waals surface area contributed by atoms with Crippen molar-refractivity contribution >= 4 is 17.3 Å². The Labute approximate surface area is 102 Å². The minimum atomic E-state index is -0.153. The summed E-state index contributed by atoms with van der Waals surface area (Å²) in [6.45, 7) is 6.62. The Hall–Kier alpha value is -1.55. The topological polar surface area (TPSA) is 64.3 Å². The first kappa shape index (κ1) is 13.5. The van der Waals surface area contributed by atoms with Crippen LogP contribution in [0.25, 0.3) is 0 Å². The van der Waals surface area contributed by atoms with Crippen LogP contribution in [-0.2, 0) is 9.53 Å². The minimum absolute atomic E-state index is 0.0758. The second-order valence-corrected chi connectivity index (χ2v) is 4.48. The molecule has 0 spiro atoms. The van der Waals surface area contributed by atoms with Gasteiger partial charge in [0.25, 0.3) is 0 Å². The molecule has 0 saturated carbocycles. The maximum atomic E-state index is 11.6. The molecule has 0 unspecified atom stereocenters. The molecule has 94 valence electrons. The van der Waals surface area contributed by atoms with Crippen LogP contribution in [0.15, 0.2) is 18.2 Å². The molecule has 0 radical (unpaired) electrons. The summed E-state index contributed by atoms with van der Waals surface area (Å²) in [5.74, 6) is 0.274. The number of hydrogen-bond acceptors (Lipinski definition) is 3. The molecule has 0 fully saturated rings. The highest BCUT2D eigenvalue weighted by Gasteiger charge is 2.06. The summed E-state index contributed by atoms with van der Waals surface area (Å²) < 4.78 is 5.26. The smallest absolute Gasteiger partial charge is 0.250 e. The predicted molar refractivity (Wildman–Crippen MR) is 69.9 cm³/mol. The standard InChI is InChI=1S/C13H20N2O2/c1-9(2)7-17-8-13(16)15-12-6-4-5-11(14)10(12)3/h4-6,9H,7-8,14H2,1-3H3,(H,15,16). The maximum Gasteiger partial charge on any atom is 0.250 e. The molecule has 0 aliphatic carbocycles. The van der Waals surface area contributed by atoms with E-state index in [4.69, 9.17) is 10.5 Å². The number of amides is 1. The monoisotopic (exact) mass is 236 g/mol. The average Bonchev–Trinajstić information content (AvgIpc) is 2.24. The Morgan fingerprint density at radius 1 is 1.47 bits per heavy atom. The van der Waals surface area contributed by atoms with Crippen LogP contribution in [0.4, 0.5) is 11.4 Å². The first-order chi connectivity index (χ1) is 8.00. The Bertz CT molecular complexity index is 389. The van der Waals surface area contributed by atoms with Crippen LogP contribution in [0.3, 0.4) is 0 Å². The zero-order valence-electron chi connectivity index (χ0n) is 10.6. The van der Waals surface area contributed by atoms with E-state index in [9.17, 15) is 4.79 Å². The fourth-order valence-electron chi connectivity index (χ4n) is 1.36. The number of anilines is 2. The van der Waals surface area contributed by atoms with Gasteiger partial charge in [0.2, 0.25) is 5.91 Å². The van der Waals surface area contributed by atoms with Gasteiger partial charge in [-0.3, -0.25) is 4.79 Å². The number of nitrogen functional groups attached to an aromatic ring is 1. The highest BCUT2D eigenvalue weighted by atomic mass is 16.5. The van der Waals surface area contributed by atoms with Gasteiger partial charge in [-0.05, 0) is 30.5 Å². The molecule has 1 aromatic carbocycles. The van der Waals surface area contributed by atoms with E-state index in [1.807, 2.05) is 32.9 Å². The molecule has 0 aliphatic rings. The SMILES string of the molecule is Cc1c(N)cccc1NC(=O)COCC(C)C. The van der Waals surface area contributed by atoms with Gasteiger partial charge in [-0.1, -0.05) is 19.9 Å².